The van der Waals surface area contributed by atoms with Crippen molar-refractivity contribution in [3.05, 3.63) is 10.0 Å². The summed E-state index contributed by atoms with van der Waals surface area (Å²) in [4.78, 5) is 0. The largest absolute Gasteiger partial charge is 0.144 e. The van der Waals surface area contributed by atoms with Crippen molar-refractivity contribution in [2.24, 2.45) is 5.92 Å². The number of aromatic nitrogens is 2. The number of alkyl halides is 1. The van der Waals surface area contributed by atoms with Gasteiger partial charge in [0.1, 0.15) is 10.0 Å². The van der Waals surface area contributed by atoms with Gasteiger partial charge in [-0.15, -0.1) is 33.1 Å². The Kier molecular flexibility index (Phi) is 4.39. The molecule has 0 amide bonds. The van der Waals surface area contributed by atoms with Crippen molar-refractivity contribution in [3.8, 4) is 0 Å². The highest BCUT2D eigenvalue weighted by Crippen LogP contribution is 2.27. The van der Waals surface area contributed by atoms with Gasteiger partial charge in [0.25, 0.3) is 0 Å². The summed E-state index contributed by atoms with van der Waals surface area (Å²) < 4.78 is 0. The lowest BCUT2D eigenvalue weighted by atomic mass is 9.97. The molecular weight excluding hydrogens is 228 g/mol. The van der Waals surface area contributed by atoms with Crippen molar-refractivity contribution >= 4 is 22.9 Å². The summed E-state index contributed by atoms with van der Waals surface area (Å²) in [6, 6.07) is 0. The van der Waals surface area contributed by atoms with Gasteiger partial charge >= 0.3 is 0 Å². The molecule has 1 saturated carbocycles. The van der Waals surface area contributed by atoms with Gasteiger partial charge in [-0.1, -0.05) is 38.5 Å². The van der Waals surface area contributed by atoms with Crippen LogP contribution in [0.3, 0.4) is 0 Å². The van der Waals surface area contributed by atoms with Gasteiger partial charge in [-0.3, -0.25) is 0 Å². The monoisotopic (exact) mass is 244 g/mol. The molecule has 0 aliphatic heterocycles. The third kappa shape index (κ3) is 3.42. The van der Waals surface area contributed by atoms with Crippen LogP contribution in [-0.2, 0) is 12.3 Å². The summed E-state index contributed by atoms with van der Waals surface area (Å²) in [5.74, 6) is 1.34. The van der Waals surface area contributed by atoms with Crippen molar-refractivity contribution in [3.63, 3.8) is 0 Å². The Hall–Kier alpha value is -0.150. The molecule has 0 bridgehead atoms. The summed E-state index contributed by atoms with van der Waals surface area (Å²) in [6.07, 6.45) is 9.48. The van der Waals surface area contributed by atoms with E-state index in [1.54, 1.807) is 11.3 Å². The minimum absolute atomic E-state index is 0.502. The first-order valence-corrected chi connectivity index (χ1v) is 7.11. The van der Waals surface area contributed by atoms with Crippen LogP contribution in [0.2, 0.25) is 0 Å². The molecule has 0 saturated heterocycles. The van der Waals surface area contributed by atoms with E-state index in [4.69, 9.17) is 11.6 Å². The van der Waals surface area contributed by atoms with E-state index in [0.29, 0.717) is 5.88 Å². The number of rotatable bonds is 3. The fourth-order valence-corrected chi connectivity index (χ4v) is 3.27. The minimum atomic E-state index is 0.502. The Bertz CT molecular complexity index is 293. The summed E-state index contributed by atoms with van der Waals surface area (Å²) in [7, 11) is 0. The van der Waals surface area contributed by atoms with Gasteiger partial charge in [0.15, 0.2) is 0 Å². The molecular formula is C11H17ClN2S. The molecule has 0 atom stereocenters. The highest BCUT2D eigenvalue weighted by atomic mass is 35.5. The van der Waals surface area contributed by atoms with Crippen LogP contribution >= 0.6 is 22.9 Å². The molecule has 0 radical (unpaired) electrons. The zero-order valence-electron chi connectivity index (χ0n) is 8.91. The molecule has 15 heavy (non-hydrogen) atoms. The van der Waals surface area contributed by atoms with E-state index < -0.39 is 0 Å². The van der Waals surface area contributed by atoms with Crippen LogP contribution < -0.4 is 0 Å². The topological polar surface area (TPSA) is 25.8 Å². The number of hydrogen-bond donors (Lipinski definition) is 0. The second-order valence-electron chi connectivity index (χ2n) is 4.28. The van der Waals surface area contributed by atoms with Gasteiger partial charge in [0.2, 0.25) is 0 Å². The average Bonchev–Trinajstić information content (AvgIpc) is 2.54. The van der Waals surface area contributed by atoms with E-state index in [9.17, 15) is 0 Å². The molecule has 1 aliphatic carbocycles. The molecule has 0 spiro atoms. The zero-order valence-corrected chi connectivity index (χ0v) is 10.5. The first-order chi connectivity index (χ1) is 7.38. The molecule has 1 aliphatic rings. The maximum Gasteiger partial charge on any atom is 0.132 e. The summed E-state index contributed by atoms with van der Waals surface area (Å²) in [6.45, 7) is 0. The molecule has 84 valence electrons. The molecule has 0 N–H and O–H groups in total. The van der Waals surface area contributed by atoms with Crippen molar-refractivity contribution in [2.45, 2.75) is 50.8 Å². The van der Waals surface area contributed by atoms with Gasteiger partial charge in [-0.05, 0) is 5.92 Å². The van der Waals surface area contributed by atoms with Gasteiger partial charge in [0.05, 0.1) is 5.88 Å². The van der Waals surface area contributed by atoms with E-state index in [0.717, 1.165) is 17.3 Å². The third-order valence-electron chi connectivity index (χ3n) is 3.06. The number of hydrogen-bond acceptors (Lipinski definition) is 3. The molecule has 1 fully saturated rings. The third-order valence-corrected chi connectivity index (χ3v) is 4.42. The lowest BCUT2D eigenvalue weighted by molar-refractivity contribution is 0.456. The Balaban J connectivity index is 1.89. The van der Waals surface area contributed by atoms with Crippen molar-refractivity contribution in [1.82, 2.24) is 10.2 Å². The molecule has 1 aromatic rings. The number of nitrogens with zero attached hydrogens (tertiary/aromatic N) is 2. The van der Waals surface area contributed by atoms with Crippen LogP contribution in [0.4, 0.5) is 0 Å². The smallest absolute Gasteiger partial charge is 0.132 e. The van der Waals surface area contributed by atoms with Crippen molar-refractivity contribution in [1.29, 1.82) is 0 Å². The van der Waals surface area contributed by atoms with Gasteiger partial charge in [-0.25, -0.2) is 0 Å². The molecule has 0 aromatic carbocycles. The predicted molar refractivity (Wildman–Crippen MR) is 64.4 cm³/mol. The maximum absolute atomic E-state index is 5.72. The molecule has 2 rings (SSSR count). The van der Waals surface area contributed by atoms with Crippen LogP contribution in [0.1, 0.15) is 48.5 Å². The van der Waals surface area contributed by atoms with E-state index in [-0.39, 0.29) is 0 Å². The van der Waals surface area contributed by atoms with Gasteiger partial charge in [0, 0.05) is 6.42 Å². The van der Waals surface area contributed by atoms with Crippen molar-refractivity contribution in [2.75, 3.05) is 0 Å². The van der Waals surface area contributed by atoms with Crippen LogP contribution in [0.25, 0.3) is 0 Å². The summed E-state index contributed by atoms with van der Waals surface area (Å²) in [5, 5.41) is 10.4. The summed E-state index contributed by atoms with van der Waals surface area (Å²) in [5.41, 5.74) is 0. The quantitative estimate of drug-likeness (QED) is 0.597. The highest BCUT2D eigenvalue weighted by Gasteiger charge is 2.15. The molecule has 4 heteroatoms. The van der Waals surface area contributed by atoms with Crippen LogP contribution in [-0.4, -0.2) is 10.2 Å². The van der Waals surface area contributed by atoms with Crippen molar-refractivity contribution < 1.29 is 0 Å². The first-order valence-electron chi connectivity index (χ1n) is 5.75. The van der Waals surface area contributed by atoms with Crippen LogP contribution in [0.15, 0.2) is 0 Å². The average molecular weight is 245 g/mol. The van der Waals surface area contributed by atoms with Gasteiger partial charge in [-0.2, -0.15) is 0 Å². The predicted octanol–water partition coefficient (Wildman–Crippen LogP) is 3.79. The fourth-order valence-electron chi connectivity index (χ4n) is 2.24. The Morgan fingerprint density at radius 1 is 1.07 bits per heavy atom. The molecule has 1 heterocycles. The van der Waals surface area contributed by atoms with Crippen LogP contribution in [0, 0.1) is 5.92 Å². The van der Waals surface area contributed by atoms with E-state index in [1.807, 2.05) is 0 Å². The maximum atomic E-state index is 5.72. The lowest BCUT2D eigenvalue weighted by Gasteiger charge is -2.10. The van der Waals surface area contributed by atoms with E-state index in [1.165, 1.54) is 43.5 Å². The Morgan fingerprint density at radius 3 is 2.33 bits per heavy atom. The summed E-state index contributed by atoms with van der Waals surface area (Å²) >= 11 is 7.40. The molecule has 0 unspecified atom stereocenters. The zero-order chi connectivity index (χ0) is 10.5. The minimum Gasteiger partial charge on any atom is -0.144 e. The molecule has 2 nitrogen and oxygen atoms in total. The fraction of sp³-hybridized carbons (Fsp3) is 0.818. The highest BCUT2D eigenvalue weighted by molar-refractivity contribution is 7.11. The SMILES string of the molecule is ClCc1nnc(CC2CCCCCC2)s1. The second kappa shape index (κ2) is 5.80. The van der Waals surface area contributed by atoms with Gasteiger partial charge < -0.3 is 0 Å². The first kappa shape index (κ1) is 11.3. The molecule has 1 aromatic heterocycles. The Morgan fingerprint density at radius 2 is 1.73 bits per heavy atom. The second-order valence-corrected chi connectivity index (χ2v) is 5.70. The van der Waals surface area contributed by atoms with E-state index >= 15 is 0 Å². The normalized spacial score (nSPS) is 19.0. The van der Waals surface area contributed by atoms with E-state index in [2.05, 4.69) is 10.2 Å². The standard InChI is InChI=1S/C11H17ClN2S/c12-8-11-14-13-10(15-11)7-9-5-3-1-2-4-6-9/h9H,1-8H2. The Labute approximate surface area is 100 Å². The van der Waals surface area contributed by atoms with Crippen LogP contribution in [0.5, 0.6) is 0 Å². The lowest BCUT2D eigenvalue weighted by Crippen LogP contribution is -2.02. The number of halogens is 1.